The number of nitrogens with one attached hydrogen (secondary N) is 1. The maximum atomic E-state index is 12.4. The Morgan fingerprint density at radius 2 is 1.93 bits per heavy atom. The molecule has 1 aliphatic heterocycles. The number of hydrogen-bond acceptors (Lipinski definition) is 5. The Morgan fingerprint density at radius 1 is 1.14 bits per heavy atom. The average Bonchev–Trinajstić information content (AvgIpc) is 3.08. The number of aromatic nitrogens is 2. The summed E-state index contributed by atoms with van der Waals surface area (Å²) in [6.45, 7) is 2.53. The van der Waals surface area contributed by atoms with Crippen LogP contribution in [0.15, 0.2) is 60.9 Å². The molecule has 6 heteroatoms. The average molecular weight is 374 g/mol. The van der Waals surface area contributed by atoms with Gasteiger partial charge < -0.3 is 15.0 Å². The van der Waals surface area contributed by atoms with E-state index in [1.807, 2.05) is 30.3 Å². The van der Waals surface area contributed by atoms with Gasteiger partial charge in [-0.2, -0.15) is 0 Å². The molecule has 1 atom stereocenters. The first kappa shape index (κ1) is 18.0. The Morgan fingerprint density at radius 3 is 2.71 bits per heavy atom. The number of hydrogen-bond donors (Lipinski definition) is 1. The van der Waals surface area contributed by atoms with E-state index < -0.39 is 0 Å². The van der Waals surface area contributed by atoms with Gasteiger partial charge in [-0.05, 0) is 31.0 Å². The summed E-state index contributed by atoms with van der Waals surface area (Å²) in [5.74, 6) is 1.23. The maximum Gasteiger partial charge on any atom is 0.271 e. The Balaban J connectivity index is 1.47. The predicted molar refractivity (Wildman–Crippen MR) is 108 cm³/mol. The van der Waals surface area contributed by atoms with E-state index >= 15 is 0 Å². The van der Waals surface area contributed by atoms with Gasteiger partial charge in [-0.25, -0.2) is 9.97 Å². The zero-order valence-electron chi connectivity index (χ0n) is 15.9. The van der Waals surface area contributed by atoms with E-state index in [-0.39, 0.29) is 5.91 Å². The zero-order chi connectivity index (χ0) is 19.5. The van der Waals surface area contributed by atoms with Crippen molar-refractivity contribution in [2.45, 2.75) is 25.9 Å². The van der Waals surface area contributed by atoms with Crippen LogP contribution in [0.5, 0.6) is 5.75 Å². The lowest BCUT2D eigenvalue weighted by molar-refractivity contribution is 0.0945. The van der Waals surface area contributed by atoms with Crippen LogP contribution in [0, 0.1) is 0 Å². The molecule has 142 valence electrons. The number of carbonyl (C=O) groups is 1. The van der Waals surface area contributed by atoms with Gasteiger partial charge in [0.25, 0.3) is 5.91 Å². The molecular formula is C22H22N4O2. The molecule has 2 aromatic carbocycles. The summed E-state index contributed by atoms with van der Waals surface area (Å²) < 4.78 is 5.31. The van der Waals surface area contributed by atoms with Crippen LogP contribution in [-0.4, -0.2) is 29.0 Å². The van der Waals surface area contributed by atoms with E-state index in [9.17, 15) is 4.79 Å². The first-order chi connectivity index (χ1) is 13.7. The maximum absolute atomic E-state index is 12.4. The smallest absolute Gasteiger partial charge is 0.271 e. The fourth-order valence-electron chi connectivity index (χ4n) is 3.59. The fraction of sp³-hybridized carbons (Fsp3) is 0.227. The molecule has 3 aromatic rings. The number of carbonyl (C=O) groups excluding carboxylic acids is 1. The standard InChI is InChI=1S/C22H22N4O2/c1-15-11-16-7-3-5-9-19(16)26(15)21-14-23-18(13-24-21)22(27)25-12-17-8-4-6-10-20(17)28-2/h3-10,13-15H,11-12H2,1-2H3,(H,25,27). The van der Waals surface area contributed by atoms with Crippen molar-refractivity contribution in [1.82, 2.24) is 15.3 Å². The number of ether oxygens (including phenoxy) is 1. The summed E-state index contributed by atoms with van der Waals surface area (Å²) in [4.78, 5) is 23.4. The third kappa shape index (κ3) is 3.41. The van der Waals surface area contributed by atoms with Crippen molar-refractivity contribution in [3.8, 4) is 5.75 Å². The number of anilines is 2. The normalized spacial score (nSPS) is 15.2. The van der Waals surface area contributed by atoms with Gasteiger partial charge in [0.1, 0.15) is 11.4 Å². The molecule has 2 heterocycles. The molecule has 1 N–H and O–H groups in total. The summed E-state index contributed by atoms with van der Waals surface area (Å²) in [5.41, 5.74) is 3.65. The van der Waals surface area contributed by atoms with Crippen molar-refractivity contribution >= 4 is 17.4 Å². The van der Waals surface area contributed by atoms with E-state index in [1.54, 1.807) is 13.3 Å². The second-order valence-corrected chi connectivity index (χ2v) is 6.81. The predicted octanol–water partition coefficient (Wildman–Crippen LogP) is 3.50. The number of fused-ring (bicyclic) bond motifs is 1. The molecule has 1 amide bonds. The number of benzene rings is 2. The summed E-state index contributed by atoms with van der Waals surface area (Å²) >= 11 is 0. The van der Waals surface area contributed by atoms with Crippen molar-refractivity contribution < 1.29 is 9.53 Å². The zero-order valence-corrected chi connectivity index (χ0v) is 15.9. The summed E-state index contributed by atoms with van der Waals surface area (Å²) in [5, 5.41) is 2.87. The van der Waals surface area contributed by atoms with Gasteiger partial charge in [-0.1, -0.05) is 36.4 Å². The van der Waals surface area contributed by atoms with Crippen LogP contribution < -0.4 is 15.0 Å². The molecule has 0 aliphatic carbocycles. The van der Waals surface area contributed by atoms with E-state index in [0.29, 0.717) is 18.3 Å². The van der Waals surface area contributed by atoms with Gasteiger partial charge in [-0.3, -0.25) is 4.79 Å². The summed E-state index contributed by atoms with van der Waals surface area (Å²) in [6, 6.07) is 16.2. The van der Waals surface area contributed by atoms with E-state index in [4.69, 9.17) is 4.74 Å². The van der Waals surface area contributed by atoms with Crippen LogP contribution in [0.4, 0.5) is 11.5 Å². The highest BCUT2D eigenvalue weighted by Gasteiger charge is 2.27. The molecule has 0 fully saturated rings. The van der Waals surface area contributed by atoms with Crippen LogP contribution in [0.2, 0.25) is 0 Å². The lowest BCUT2D eigenvalue weighted by Crippen LogP contribution is -2.27. The van der Waals surface area contributed by atoms with E-state index in [0.717, 1.165) is 29.2 Å². The first-order valence-corrected chi connectivity index (χ1v) is 9.26. The molecule has 1 aliphatic rings. The summed E-state index contributed by atoms with van der Waals surface area (Å²) in [7, 11) is 1.61. The topological polar surface area (TPSA) is 67.3 Å². The minimum atomic E-state index is -0.264. The van der Waals surface area contributed by atoms with Crippen molar-refractivity contribution in [2.24, 2.45) is 0 Å². The van der Waals surface area contributed by atoms with E-state index in [2.05, 4.69) is 45.3 Å². The largest absolute Gasteiger partial charge is 0.496 e. The number of nitrogens with zero attached hydrogens (tertiary/aromatic N) is 3. The van der Waals surface area contributed by atoms with Gasteiger partial charge in [0.2, 0.25) is 0 Å². The van der Waals surface area contributed by atoms with Crippen LogP contribution in [-0.2, 0) is 13.0 Å². The minimum absolute atomic E-state index is 0.264. The molecule has 4 rings (SSSR count). The first-order valence-electron chi connectivity index (χ1n) is 9.26. The third-order valence-corrected chi connectivity index (χ3v) is 4.96. The fourth-order valence-corrected chi connectivity index (χ4v) is 3.59. The van der Waals surface area contributed by atoms with Gasteiger partial charge in [0.05, 0.1) is 19.5 Å². The van der Waals surface area contributed by atoms with Crippen LogP contribution >= 0.6 is 0 Å². The third-order valence-electron chi connectivity index (χ3n) is 4.96. The van der Waals surface area contributed by atoms with Crippen LogP contribution in [0.3, 0.4) is 0 Å². The van der Waals surface area contributed by atoms with Crippen molar-refractivity contribution in [1.29, 1.82) is 0 Å². The van der Waals surface area contributed by atoms with Crippen molar-refractivity contribution in [3.63, 3.8) is 0 Å². The molecule has 0 saturated heterocycles. The second kappa shape index (κ2) is 7.68. The highest BCUT2D eigenvalue weighted by molar-refractivity contribution is 5.92. The Labute approximate surface area is 164 Å². The molecular weight excluding hydrogens is 352 g/mol. The lowest BCUT2D eigenvalue weighted by Gasteiger charge is -2.23. The molecule has 1 unspecified atom stereocenters. The molecule has 28 heavy (non-hydrogen) atoms. The minimum Gasteiger partial charge on any atom is -0.496 e. The molecule has 1 aromatic heterocycles. The quantitative estimate of drug-likeness (QED) is 0.740. The Bertz CT molecular complexity index is 988. The molecule has 6 nitrogen and oxygen atoms in total. The number of rotatable bonds is 5. The van der Waals surface area contributed by atoms with Crippen molar-refractivity contribution in [2.75, 3.05) is 12.0 Å². The Hall–Kier alpha value is -3.41. The Kier molecular flexibility index (Phi) is 4.93. The van der Waals surface area contributed by atoms with Gasteiger partial charge in [0, 0.05) is 23.8 Å². The highest BCUT2D eigenvalue weighted by Crippen LogP contribution is 2.36. The molecule has 0 radical (unpaired) electrons. The highest BCUT2D eigenvalue weighted by atomic mass is 16.5. The van der Waals surface area contributed by atoms with Gasteiger partial charge in [0.15, 0.2) is 5.82 Å². The van der Waals surface area contributed by atoms with Crippen molar-refractivity contribution in [3.05, 3.63) is 77.7 Å². The second-order valence-electron chi connectivity index (χ2n) is 6.81. The molecule has 0 bridgehead atoms. The van der Waals surface area contributed by atoms with Crippen LogP contribution in [0.25, 0.3) is 0 Å². The number of para-hydroxylation sites is 2. The van der Waals surface area contributed by atoms with E-state index in [1.165, 1.54) is 11.8 Å². The van der Waals surface area contributed by atoms with Gasteiger partial charge >= 0.3 is 0 Å². The monoisotopic (exact) mass is 374 g/mol. The molecule has 0 saturated carbocycles. The van der Waals surface area contributed by atoms with Gasteiger partial charge in [-0.15, -0.1) is 0 Å². The van der Waals surface area contributed by atoms with Crippen LogP contribution in [0.1, 0.15) is 28.5 Å². The molecule has 0 spiro atoms. The number of methoxy groups -OCH3 is 1. The summed E-state index contributed by atoms with van der Waals surface area (Å²) in [6.07, 6.45) is 4.16. The lowest BCUT2D eigenvalue weighted by atomic mass is 10.1. The SMILES string of the molecule is COc1ccccc1CNC(=O)c1cnc(N2c3ccccc3CC2C)cn1. The number of amides is 1.